The summed E-state index contributed by atoms with van der Waals surface area (Å²) in [5, 5.41) is 3.36. The Kier molecular flexibility index (Phi) is 7.23. The smallest absolute Gasteiger partial charge is 0.217 e. The quantitative estimate of drug-likeness (QED) is 0.749. The van der Waals surface area contributed by atoms with E-state index < -0.39 is 0 Å². The molecular formula is C13H21BrN2O2. The van der Waals surface area contributed by atoms with Gasteiger partial charge in [-0.05, 0) is 28.9 Å². The highest BCUT2D eigenvalue weighted by molar-refractivity contribution is 9.10. The summed E-state index contributed by atoms with van der Waals surface area (Å²) in [6.45, 7) is 8.76. The summed E-state index contributed by atoms with van der Waals surface area (Å²) >= 11 is 3.43. The van der Waals surface area contributed by atoms with Gasteiger partial charge in [-0.25, -0.2) is 4.98 Å². The molecular weight excluding hydrogens is 296 g/mol. The van der Waals surface area contributed by atoms with E-state index in [9.17, 15) is 0 Å². The zero-order valence-corrected chi connectivity index (χ0v) is 12.8. The average molecular weight is 317 g/mol. The number of aromatic nitrogens is 1. The second-order valence-electron chi connectivity index (χ2n) is 4.20. The number of halogens is 1. The molecule has 0 aromatic carbocycles. The average Bonchev–Trinajstić information content (AvgIpc) is 2.34. The molecule has 0 aliphatic carbocycles. The maximum absolute atomic E-state index is 5.63. The Bertz CT molecular complexity index is 359. The van der Waals surface area contributed by atoms with Crippen molar-refractivity contribution in [1.82, 2.24) is 10.3 Å². The van der Waals surface area contributed by atoms with Crippen molar-refractivity contribution < 1.29 is 9.47 Å². The molecule has 0 unspecified atom stereocenters. The van der Waals surface area contributed by atoms with Crippen LogP contribution in [-0.4, -0.2) is 30.8 Å². The van der Waals surface area contributed by atoms with Crippen molar-refractivity contribution in [2.45, 2.75) is 33.4 Å². The molecule has 18 heavy (non-hydrogen) atoms. The van der Waals surface area contributed by atoms with Crippen LogP contribution in [0.4, 0.5) is 0 Å². The van der Waals surface area contributed by atoms with Crippen LogP contribution in [0.15, 0.2) is 16.7 Å². The number of hydrogen-bond acceptors (Lipinski definition) is 4. The largest absolute Gasteiger partial charge is 0.475 e. The van der Waals surface area contributed by atoms with Crippen LogP contribution >= 0.6 is 15.9 Å². The SMILES string of the molecule is CCOCCOc1ncc(Br)cc1CNC(C)C. The molecule has 1 aromatic heterocycles. The van der Waals surface area contributed by atoms with Gasteiger partial charge >= 0.3 is 0 Å². The zero-order valence-electron chi connectivity index (χ0n) is 11.2. The fourth-order valence-electron chi connectivity index (χ4n) is 1.38. The third kappa shape index (κ3) is 5.80. The minimum atomic E-state index is 0.431. The standard InChI is InChI=1S/C13H21BrN2O2/c1-4-17-5-6-18-13-11(8-15-10(2)3)7-12(14)9-16-13/h7,9-10,15H,4-6,8H2,1-3H3. The van der Waals surface area contributed by atoms with Gasteiger partial charge in [-0.3, -0.25) is 0 Å². The van der Waals surface area contributed by atoms with Crippen LogP contribution in [0, 0.1) is 0 Å². The third-order valence-electron chi connectivity index (χ3n) is 2.26. The van der Waals surface area contributed by atoms with Crippen LogP contribution in [0.2, 0.25) is 0 Å². The first-order valence-electron chi connectivity index (χ1n) is 6.21. The van der Waals surface area contributed by atoms with Gasteiger partial charge in [-0.2, -0.15) is 0 Å². The van der Waals surface area contributed by atoms with E-state index in [1.165, 1.54) is 0 Å². The maximum Gasteiger partial charge on any atom is 0.217 e. The number of pyridine rings is 1. The molecule has 102 valence electrons. The van der Waals surface area contributed by atoms with E-state index >= 15 is 0 Å². The van der Waals surface area contributed by atoms with E-state index in [4.69, 9.17) is 9.47 Å². The highest BCUT2D eigenvalue weighted by Crippen LogP contribution is 2.20. The fourth-order valence-corrected chi connectivity index (χ4v) is 1.76. The van der Waals surface area contributed by atoms with Crippen molar-refractivity contribution in [3.05, 3.63) is 22.3 Å². The van der Waals surface area contributed by atoms with Crippen LogP contribution in [0.1, 0.15) is 26.3 Å². The molecule has 0 atom stereocenters. The van der Waals surface area contributed by atoms with Crippen molar-refractivity contribution in [1.29, 1.82) is 0 Å². The maximum atomic E-state index is 5.63. The molecule has 5 heteroatoms. The van der Waals surface area contributed by atoms with Gasteiger partial charge in [0.2, 0.25) is 5.88 Å². The lowest BCUT2D eigenvalue weighted by molar-refractivity contribution is 0.108. The summed E-state index contributed by atoms with van der Waals surface area (Å²) in [5.74, 6) is 0.672. The molecule has 0 amide bonds. The number of nitrogens with zero attached hydrogens (tertiary/aromatic N) is 1. The fraction of sp³-hybridized carbons (Fsp3) is 0.615. The molecule has 0 spiro atoms. The number of rotatable bonds is 8. The number of ether oxygens (including phenoxy) is 2. The Morgan fingerprint density at radius 2 is 2.17 bits per heavy atom. The van der Waals surface area contributed by atoms with E-state index in [2.05, 4.69) is 40.1 Å². The third-order valence-corrected chi connectivity index (χ3v) is 2.70. The molecule has 0 aliphatic heterocycles. The predicted octanol–water partition coefficient (Wildman–Crippen LogP) is 2.76. The minimum Gasteiger partial charge on any atom is -0.475 e. The summed E-state index contributed by atoms with van der Waals surface area (Å²) in [6, 6.07) is 2.46. The topological polar surface area (TPSA) is 43.4 Å². The molecule has 4 nitrogen and oxygen atoms in total. The van der Waals surface area contributed by atoms with E-state index in [1.807, 2.05) is 13.0 Å². The molecule has 0 saturated heterocycles. The molecule has 1 rings (SSSR count). The first-order valence-corrected chi connectivity index (χ1v) is 7.01. The second-order valence-corrected chi connectivity index (χ2v) is 5.11. The Morgan fingerprint density at radius 1 is 1.39 bits per heavy atom. The van der Waals surface area contributed by atoms with Crippen molar-refractivity contribution in [3.63, 3.8) is 0 Å². The summed E-state index contributed by atoms with van der Waals surface area (Å²) in [6.07, 6.45) is 1.74. The van der Waals surface area contributed by atoms with Gasteiger partial charge in [0.05, 0.1) is 6.61 Å². The summed E-state index contributed by atoms with van der Waals surface area (Å²) in [4.78, 5) is 4.29. The van der Waals surface area contributed by atoms with Gasteiger partial charge in [-0.15, -0.1) is 0 Å². The lowest BCUT2D eigenvalue weighted by Gasteiger charge is -2.13. The van der Waals surface area contributed by atoms with E-state index in [0.717, 1.165) is 16.6 Å². The van der Waals surface area contributed by atoms with E-state index in [0.29, 0.717) is 31.7 Å². The van der Waals surface area contributed by atoms with Gasteiger partial charge < -0.3 is 14.8 Å². The number of hydrogen-bond donors (Lipinski definition) is 1. The monoisotopic (exact) mass is 316 g/mol. The van der Waals surface area contributed by atoms with E-state index in [1.54, 1.807) is 6.20 Å². The predicted molar refractivity (Wildman–Crippen MR) is 75.9 cm³/mol. The Balaban J connectivity index is 2.58. The molecule has 0 aliphatic rings. The van der Waals surface area contributed by atoms with Crippen LogP contribution in [-0.2, 0) is 11.3 Å². The first-order chi connectivity index (χ1) is 8.63. The highest BCUT2D eigenvalue weighted by atomic mass is 79.9. The minimum absolute atomic E-state index is 0.431. The second kappa shape index (κ2) is 8.45. The summed E-state index contributed by atoms with van der Waals surface area (Å²) < 4.78 is 11.8. The molecule has 1 N–H and O–H groups in total. The van der Waals surface area contributed by atoms with Crippen molar-refractivity contribution in [2.24, 2.45) is 0 Å². The molecule has 0 saturated carbocycles. The summed E-state index contributed by atoms with van der Waals surface area (Å²) in [7, 11) is 0. The Hall–Kier alpha value is -0.650. The Labute approximate surface area is 117 Å². The molecule has 0 bridgehead atoms. The van der Waals surface area contributed by atoms with Crippen LogP contribution < -0.4 is 10.1 Å². The van der Waals surface area contributed by atoms with Crippen LogP contribution in [0.3, 0.4) is 0 Å². The lowest BCUT2D eigenvalue weighted by atomic mass is 10.2. The first kappa shape index (κ1) is 15.4. The molecule has 1 aromatic rings. The van der Waals surface area contributed by atoms with Crippen molar-refractivity contribution in [3.8, 4) is 5.88 Å². The van der Waals surface area contributed by atoms with Gasteiger partial charge in [0.1, 0.15) is 6.61 Å². The molecule has 0 fully saturated rings. The van der Waals surface area contributed by atoms with E-state index in [-0.39, 0.29) is 0 Å². The van der Waals surface area contributed by atoms with Gasteiger partial charge in [-0.1, -0.05) is 13.8 Å². The molecule has 1 heterocycles. The van der Waals surface area contributed by atoms with Gasteiger partial charge in [0.25, 0.3) is 0 Å². The van der Waals surface area contributed by atoms with Gasteiger partial charge in [0, 0.05) is 35.4 Å². The Morgan fingerprint density at radius 3 is 2.83 bits per heavy atom. The number of nitrogens with one attached hydrogen (secondary N) is 1. The highest BCUT2D eigenvalue weighted by Gasteiger charge is 2.07. The van der Waals surface area contributed by atoms with Gasteiger partial charge in [0.15, 0.2) is 0 Å². The van der Waals surface area contributed by atoms with Crippen molar-refractivity contribution >= 4 is 15.9 Å². The lowest BCUT2D eigenvalue weighted by Crippen LogP contribution is -2.22. The zero-order chi connectivity index (χ0) is 13.4. The molecule has 0 radical (unpaired) electrons. The normalized spacial score (nSPS) is 10.9. The van der Waals surface area contributed by atoms with Crippen LogP contribution in [0.5, 0.6) is 5.88 Å². The van der Waals surface area contributed by atoms with Crippen LogP contribution in [0.25, 0.3) is 0 Å². The van der Waals surface area contributed by atoms with Crippen molar-refractivity contribution in [2.75, 3.05) is 19.8 Å². The summed E-state index contributed by atoms with van der Waals surface area (Å²) in [5.41, 5.74) is 1.05.